The van der Waals surface area contributed by atoms with Crippen molar-refractivity contribution in [2.75, 3.05) is 13.1 Å². The molecule has 0 aliphatic heterocycles. The van der Waals surface area contributed by atoms with Crippen LogP contribution < -0.4 is 16.4 Å². The average molecular weight is 374 g/mol. The van der Waals surface area contributed by atoms with Crippen molar-refractivity contribution in [1.82, 2.24) is 10.6 Å². The molecule has 0 aliphatic rings. The normalized spacial score (nSPS) is 12.9. The summed E-state index contributed by atoms with van der Waals surface area (Å²) in [6, 6.07) is 5.33. The Balaban J connectivity index is 0.00000576. The second-order valence-electron chi connectivity index (χ2n) is 6.78. The van der Waals surface area contributed by atoms with E-state index in [1.807, 2.05) is 6.92 Å². The molecule has 0 bridgehead atoms. The maximum Gasteiger partial charge on any atom is 0.251 e. The van der Waals surface area contributed by atoms with Crippen LogP contribution in [-0.4, -0.2) is 30.4 Å². The Kier molecular flexibility index (Phi) is 10.3. The van der Waals surface area contributed by atoms with Crippen molar-refractivity contribution in [3.63, 3.8) is 0 Å². The molecule has 1 aromatic carbocycles. The monoisotopic (exact) mass is 373 g/mol. The molecule has 1 unspecified atom stereocenters. The fraction of sp³-hybridized carbons (Fsp3) is 0.556. The van der Waals surface area contributed by atoms with Crippen molar-refractivity contribution in [3.8, 4) is 0 Å². The molecule has 5 nitrogen and oxygen atoms in total. The van der Waals surface area contributed by atoms with Crippen LogP contribution in [0, 0.1) is 11.7 Å². The van der Waals surface area contributed by atoms with Gasteiger partial charge >= 0.3 is 0 Å². The molecule has 2 amide bonds. The predicted octanol–water partition coefficient (Wildman–Crippen LogP) is 2.64. The van der Waals surface area contributed by atoms with Gasteiger partial charge in [-0.3, -0.25) is 9.59 Å². The molecule has 142 valence electrons. The van der Waals surface area contributed by atoms with Gasteiger partial charge in [0, 0.05) is 30.6 Å². The number of nitrogens with one attached hydrogen (secondary N) is 2. The zero-order valence-corrected chi connectivity index (χ0v) is 15.9. The molecular weight excluding hydrogens is 345 g/mol. The minimum atomic E-state index is -0.400. The van der Waals surface area contributed by atoms with Crippen LogP contribution in [-0.2, 0) is 4.79 Å². The molecule has 1 rings (SSSR count). The molecule has 0 saturated heterocycles. The lowest BCUT2D eigenvalue weighted by atomic mass is 9.90. The number of carbonyl (C=O) groups is 2. The topological polar surface area (TPSA) is 84.2 Å². The maximum absolute atomic E-state index is 12.8. The number of amides is 2. The molecule has 0 aromatic heterocycles. The summed E-state index contributed by atoms with van der Waals surface area (Å²) < 4.78 is 12.8. The summed E-state index contributed by atoms with van der Waals surface area (Å²) in [5.41, 5.74) is 5.77. The lowest BCUT2D eigenvalue weighted by Crippen LogP contribution is -2.52. The molecular formula is C18H29ClFN3O2. The van der Waals surface area contributed by atoms with E-state index in [9.17, 15) is 14.0 Å². The van der Waals surface area contributed by atoms with Crippen molar-refractivity contribution in [2.45, 2.75) is 45.6 Å². The lowest BCUT2D eigenvalue weighted by Gasteiger charge is -2.31. The van der Waals surface area contributed by atoms with Gasteiger partial charge in [-0.05, 0) is 49.9 Å². The summed E-state index contributed by atoms with van der Waals surface area (Å²) in [4.78, 5) is 23.9. The third-order valence-electron chi connectivity index (χ3n) is 3.72. The summed E-state index contributed by atoms with van der Waals surface area (Å²) in [5.74, 6) is -0.289. The van der Waals surface area contributed by atoms with Crippen molar-refractivity contribution in [3.05, 3.63) is 35.6 Å². The minimum absolute atomic E-state index is 0. The Morgan fingerprint density at radius 1 is 1.24 bits per heavy atom. The van der Waals surface area contributed by atoms with E-state index >= 15 is 0 Å². The van der Waals surface area contributed by atoms with Crippen LogP contribution in [0.1, 0.15) is 50.4 Å². The molecule has 1 aromatic rings. The zero-order valence-electron chi connectivity index (χ0n) is 15.1. The Labute approximate surface area is 155 Å². The van der Waals surface area contributed by atoms with Gasteiger partial charge < -0.3 is 16.4 Å². The zero-order chi connectivity index (χ0) is 18.2. The quantitative estimate of drug-likeness (QED) is 0.582. The molecule has 0 aliphatic carbocycles. The first-order valence-corrected chi connectivity index (χ1v) is 8.30. The second-order valence-corrected chi connectivity index (χ2v) is 6.78. The Bertz CT molecular complexity index is 552. The first kappa shape index (κ1) is 23.3. The number of hydrogen-bond donors (Lipinski definition) is 3. The number of hydrogen-bond acceptors (Lipinski definition) is 3. The minimum Gasteiger partial charge on any atom is -0.352 e. The Hall–Kier alpha value is -1.66. The van der Waals surface area contributed by atoms with Gasteiger partial charge in [-0.2, -0.15) is 0 Å². The van der Waals surface area contributed by atoms with E-state index in [1.54, 1.807) is 0 Å². The van der Waals surface area contributed by atoms with E-state index in [-0.39, 0.29) is 30.0 Å². The van der Waals surface area contributed by atoms with Crippen LogP contribution in [0.2, 0.25) is 0 Å². The van der Waals surface area contributed by atoms with Crippen LogP contribution in [0.4, 0.5) is 4.39 Å². The van der Waals surface area contributed by atoms with Gasteiger partial charge in [-0.25, -0.2) is 4.39 Å². The SMILES string of the molecule is CC(C)CC(C)(CN)NC(=O)CCCNC(=O)c1ccc(F)cc1.Cl. The molecule has 0 radical (unpaired) electrons. The molecule has 7 heteroatoms. The molecule has 25 heavy (non-hydrogen) atoms. The maximum atomic E-state index is 12.8. The number of carbonyl (C=O) groups excluding carboxylic acids is 2. The van der Waals surface area contributed by atoms with E-state index in [2.05, 4.69) is 24.5 Å². The highest BCUT2D eigenvalue weighted by molar-refractivity contribution is 5.94. The fourth-order valence-corrected chi connectivity index (χ4v) is 2.64. The lowest BCUT2D eigenvalue weighted by molar-refractivity contribution is -0.123. The van der Waals surface area contributed by atoms with Gasteiger partial charge in [0.2, 0.25) is 5.91 Å². The molecule has 0 heterocycles. The Morgan fingerprint density at radius 3 is 2.36 bits per heavy atom. The van der Waals surface area contributed by atoms with E-state index in [1.165, 1.54) is 24.3 Å². The van der Waals surface area contributed by atoms with Crippen LogP contribution in [0.3, 0.4) is 0 Å². The molecule has 0 fully saturated rings. The van der Waals surface area contributed by atoms with E-state index < -0.39 is 5.54 Å². The average Bonchev–Trinajstić information content (AvgIpc) is 2.51. The summed E-state index contributed by atoms with van der Waals surface area (Å²) in [6.07, 6.45) is 1.66. The van der Waals surface area contributed by atoms with Crippen LogP contribution >= 0.6 is 12.4 Å². The van der Waals surface area contributed by atoms with Gasteiger partial charge in [-0.1, -0.05) is 13.8 Å². The van der Waals surface area contributed by atoms with E-state index in [4.69, 9.17) is 5.73 Å². The van der Waals surface area contributed by atoms with Gasteiger partial charge in [0.1, 0.15) is 5.82 Å². The van der Waals surface area contributed by atoms with Crippen molar-refractivity contribution in [2.24, 2.45) is 11.7 Å². The summed E-state index contributed by atoms with van der Waals surface area (Å²) >= 11 is 0. The predicted molar refractivity (Wildman–Crippen MR) is 100 cm³/mol. The molecule has 0 saturated carbocycles. The highest BCUT2D eigenvalue weighted by Gasteiger charge is 2.25. The third kappa shape index (κ3) is 8.84. The smallest absolute Gasteiger partial charge is 0.251 e. The highest BCUT2D eigenvalue weighted by atomic mass is 35.5. The summed E-state index contributed by atoms with van der Waals surface area (Å²) in [6.45, 7) is 6.89. The van der Waals surface area contributed by atoms with Gasteiger partial charge in [0.25, 0.3) is 5.91 Å². The third-order valence-corrected chi connectivity index (χ3v) is 3.72. The first-order valence-electron chi connectivity index (χ1n) is 8.30. The standard InChI is InChI=1S/C18H28FN3O2.ClH/c1-13(2)11-18(3,12-20)22-16(23)5-4-10-21-17(24)14-6-8-15(19)9-7-14;/h6-9,13H,4-5,10-12,20H2,1-3H3,(H,21,24)(H,22,23);1H. The molecule has 0 spiro atoms. The van der Waals surface area contributed by atoms with Crippen LogP contribution in [0.5, 0.6) is 0 Å². The summed E-state index contributed by atoms with van der Waals surface area (Å²) in [5, 5.41) is 5.70. The molecule has 4 N–H and O–H groups in total. The van der Waals surface area contributed by atoms with Crippen molar-refractivity contribution < 1.29 is 14.0 Å². The number of benzene rings is 1. The van der Waals surface area contributed by atoms with Crippen LogP contribution in [0.15, 0.2) is 24.3 Å². The van der Waals surface area contributed by atoms with Crippen LogP contribution in [0.25, 0.3) is 0 Å². The first-order chi connectivity index (χ1) is 11.3. The molecule has 1 atom stereocenters. The van der Waals surface area contributed by atoms with Gasteiger partial charge in [-0.15, -0.1) is 12.4 Å². The number of rotatable bonds is 9. The fourth-order valence-electron chi connectivity index (χ4n) is 2.64. The Morgan fingerprint density at radius 2 is 1.84 bits per heavy atom. The number of nitrogens with two attached hydrogens (primary N) is 1. The van der Waals surface area contributed by atoms with Gasteiger partial charge in [0.05, 0.1) is 0 Å². The largest absolute Gasteiger partial charge is 0.352 e. The number of halogens is 2. The second kappa shape index (κ2) is 11.1. The van der Waals surface area contributed by atoms with E-state index in [0.717, 1.165) is 6.42 Å². The van der Waals surface area contributed by atoms with Gasteiger partial charge in [0.15, 0.2) is 0 Å². The van der Waals surface area contributed by atoms with E-state index in [0.29, 0.717) is 37.4 Å². The van der Waals surface area contributed by atoms with Crippen molar-refractivity contribution in [1.29, 1.82) is 0 Å². The van der Waals surface area contributed by atoms with Crippen molar-refractivity contribution >= 4 is 24.2 Å². The summed E-state index contributed by atoms with van der Waals surface area (Å²) in [7, 11) is 0. The highest BCUT2D eigenvalue weighted by Crippen LogP contribution is 2.15.